The molecule has 2 aromatic heterocycles. The Morgan fingerprint density at radius 1 is 1.17 bits per heavy atom. The van der Waals surface area contributed by atoms with Crippen molar-refractivity contribution in [3.05, 3.63) is 16.3 Å². The van der Waals surface area contributed by atoms with Gasteiger partial charge in [0.1, 0.15) is 16.5 Å². The Morgan fingerprint density at radius 2 is 1.88 bits per heavy atom. The van der Waals surface area contributed by atoms with Crippen LogP contribution in [0.3, 0.4) is 0 Å². The Balaban J connectivity index is 1.69. The van der Waals surface area contributed by atoms with Crippen molar-refractivity contribution in [2.75, 3.05) is 31.1 Å². The van der Waals surface area contributed by atoms with Gasteiger partial charge in [-0.3, -0.25) is 4.79 Å². The van der Waals surface area contributed by atoms with Gasteiger partial charge in [-0.25, -0.2) is 9.97 Å². The van der Waals surface area contributed by atoms with Crippen LogP contribution in [0.5, 0.6) is 0 Å². The molecular weight excluding hydrogens is 320 g/mol. The third-order valence-electron chi connectivity index (χ3n) is 5.20. The molecular formula is C18H24N4OS. The second kappa shape index (κ2) is 5.99. The molecule has 0 N–H and O–H groups in total. The molecule has 0 radical (unpaired) electrons. The van der Waals surface area contributed by atoms with E-state index in [9.17, 15) is 4.79 Å². The number of nitrogens with zero attached hydrogens (tertiary/aromatic N) is 4. The molecule has 3 heterocycles. The van der Waals surface area contributed by atoms with Crippen molar-refractivity contribution in [2.45, 2.75) is 46.0 Å². The van der Waals surface area contributed by atoms with Crippen molar-refractivity contribution in [3.63, 3.8) is 0 Å². The highest BCUT2D eigenvalue weighted by Gasteiger charge is 2.30. The SMILES string of the molecule is CCC(=O)N1CCN(c2nc(C3CC3)nc3sc(C)c(C)c23)CC1. The highest BCUT2D eigenvalue weighted by atomic mass is 32.1. The van der Waals surface area contributed by atoms with E-state index < -0.39 is 0 Å². The van der Waals surface area contributed by atoms with E-state index in [-0.39, 0.29) is 5.91 Å². The highest BCUT2D eigenvalue weighted by molar-refractivity contribution is 7.18. The van der Waals surface area contributed by atoms with E-state index in [2.05, 4.69) is 18.7 Å². The summed E-state index contributed by atoms with van der Waals surface area (Å²) < 4.78 is 0. The largest absolute Gasteiger partial charge is 0.352 e. The fraction of sp³-hybridized carbons (Fsp3) is 0.611. The Morgan fingerprint density at radius 3 is 2.50 bits per heavy atom. The normalized spacial score (nSPS) is 18.5. The van der Waals surface area contributed by atoms with E-state index in [1.807, 2.05) is 11.8 Å². The van der Waals surface area contributed by atoms with Gasteiger partial charge in [-0.2, -0.15) is 0 Å². The first-order valence-corrected chi connectivity index (χ1v) is 9.70. The minimum absolute atomic E-state index is 0.253. The van der Waals surface area contributed by atoms with Crippen LogP contribution in [-0.2, 0) is 4.79 Å². The predicted octanol–water partition coefficient (Wildman–Crippen LogP) is 3.24. The van der Waals surface area contributed by atoms with Crippen molar-refractivity contribution in [2.24, 2.45) is 0 Å². The molecule has 1 saturated carbocycles. The summed E-state index contributed by atoms with van der Waals surface area (Å²) in [6, 6.07) is 0. The molecule has 2 fully saturated rings. The van der Waals surface area contributed by atoms with E-state index >= 15 is 0 Å². The van der Waals surface area contributed by atoms with Crippen LogP contribution in [0.4, 0.5) is 5.82 Å². The molecule has 0 unspecified atom stereocenters. The van der Waals surface area contributed by atoms with Gasteiger partial charge >= 0.3 is 0 Å². The van der Waals surface area contributed by atoms with Gasteiger partial charge in [-0.15, -0.1) is 11.3 Å². The topological polar surface area (TPSA) is 49.3 Å². The lowest BCUT2D eigenvalue weighted by Gasteiger charge is -2.35. The van der Waals surface area contributed by atoms with Crippen LogP contribution in [0.2, 0.25) is 0 Å². The Kier molecular flexibility index (Phi) is 3.95. The van der Waals surface area contributed by atoms with Crippen molar-refractivity contribution in [3.8, 4) is 0 Å². The van der Waals surface area contributed by atoms with Gasteiger partial charge in [0.25, 0.3) is 0 Å². The number of piperazine rings is 1. The third kappa shape index (κ3) is 2.66. The number of hydrogen-bond donors (Lipinski definition) is 0. The van der Waals surface area contributed by atoms with E-state index in [1.165, 1.54) is 28.7 Å². The standard InChI is InChI=1S/C18H24N4OS/c1-4-14(23)21-7-9-22(10-8-21)17-15-11(2)12(3)24-18(15)20-16(19-17)13-5-6-13/h13H,4-10H2,1-3H3. The molecule has 6 heteroatoms. The van der Waals surface area contributed by atoms with Gasteiger partial charge in [-0.05, 0) is 32.3 Å². The van der Waals surface area contributed by atoms with Gasteiger partial charge in [0.05, 0.1) is 5.39 Å². The fourth-order valence-electron chi connectivity index (χ4n) is 3.39. The van der Waals surface area contributed by atoms with Gasteiger partial charge in [0, 0.05) is 43.4 Å². The maximum absolute atomic E-state index is 11.9. The molecule has 4 rings (SSSR count). The summed E-state index contributed by atoms with van der Waals surface area (Å²) in [5.74, 6) is 2.92. The summed E-state index contributed by atoms with van der Waals surface area (Å²) >= 11 is 1.78. The number of amides is 1. The van der Waals surface area contributed by atoms with Gasteiger partial charge in [0.2, 0.25) is 5.91 Å². The molecule has 1 aliphatic heterocycles. The summed E-state index contributed by atoms with van der Waals surface area (Å²) in [6.45, 7) is 9.57. The van der Waals surface area contributed by atoms with Crippen LogP contribution in [0, 0.1) is 13.8 Å². The van der Waals surface area contributed by atoms with Gasteiger partial charge < -0.3 is 9.80 Å². The quantitative estimate of drug-likeness (QED) is 0.858. The summed E-state index contributed by atoms with van der Waals surface area (Å²) in [5, 5.41) is 1.22. The van der Waals surface area contributed by atoms with E-state index in [1.54, 1.807) is 11.3 Å². The molecule has 1 aliphatic carbocycles. The number of aromatic nitrogens is 2. The molecule has 1 amide bonds. The second-order valence-electron chi connectivity index (χ2n) is 6.86. The first-order chi connectivity index (χ1) is 11.6. The number of anilines is 1. The maximum Gasteiger partial charge on any atom is 0.222 e. The minimum atomic E-state index is 0.253. The third-order valence-corrected chi connectivity index (χ3v) is 6.30. The van der Waals surface area contributed by atoms with E-state index in [0.717, 1.165) is 42.7 Å². The summed E-state index contributed by atoms with van der Waals surface area (Å²) in [5.41, 5.74) is 1.31. The number of carbonyl (C=O) groups excluding carboxylic acids is 1. The average molecular weight is 344 g/mol. The number of carbonyl (C=O) groups is 1. The van der Waals surface area contributed by atoms with Crippen LogP contribution in [-0.4, -0.2) is 47.0 Å². The Hall–Kier alpha value is -1.69. The molecule has 0 atom stereocenters. The molecule has 0 spiro atoms. The van der Waals surface area contributed by atoms with Crippen LogP contribution >= 0.6 is 11.3 Å². The van der Waals surface area contributed by atoms with Crippen LogP contribution < -0.4 is 4.90 Å². The number of fused-ring (bicyclic) bond motifs is 1. The molecule has 0 bridgehead atoms. The molecule has 5 nitrogen and oxygen atoms in total. The highest BCUT2D eigenvalue weighted by Crippen LogP contribution is 2.42. The number of rotatable bonds is 3. The number of aryl methyl sites for hydroxylation is 2. The average Bonchev–Trinajstić information content (AvgIpc) is 3.41. The first kappa shape index (κ1) is 15.8. The first-order valence-electron chi connectivity index (χ1n) is 8.88. The van der Waals surface area contributed by atoms with Crippen LogP contribution in [0.25, 0.3) is 10.2 Å². The Labute approximate surface area is 146 Å². The monoisotopic (exact) mass is 344 g/mol. The lowest BCUT2D eigenvalue weighted by Crippen LogP contribution is -2.49. The summed E-state index contributed by atoms with van der Waals surface area (Å²) in [4.78, 5) is 28.5. The Bertz CT molecular complexity index is 788. The van der Waals surface area contributed by atoms with Gasteiger partial charge in [0.15, 0.2) is 0 Å². The predicted molar refractivity (Wildman–Crippen MR) is 97.9 cm³/mol. The maximum atomic E-state index is 11.9. The van der Waals surface area contributed by atoms with Crippen molar-refractivity contribution in [1.82, 2.24) is 14.9 Å². The van der Waals surface area contributed by atoms with Gasteiger partial charge in [-0.1, -0.05) is 6.92 Å². The molecule has 1 saturated heterocycles. The zero-order valence-corrected chi connectivity index (χ0v) is 15.4. The fourth-order valence-corrected chi connectivity index (χ4v) is 4.42. The van der Waals surface area contributed by atoms with E-state index in [4.69, 9.17) is 9.97 Å². The van der Waals surface area contributed by atoms with Crippen LogP contribution in [0.15, 0.2) is 0 Å². The smallest absolute Gasteiger partial charge is 0.222 e. The molecule has 128 valence electrons. The zero-order chi connectivity index (χ0) is 16.8. The number of thiophene rings is 1. The second-order valence-corrected chi connectivity index (χ2v) is 8.07. The summed E-state index contributed by atoms with van der Waals surface area (Å²) in [6.07, 6.45) is 3.02. The molecule has 2 aliphatic rings. The lowest BCUT2D eigenvalue weighted by molar-refractivity contribution is -0.131. The molecule has 2 aromatic rings. The van der Waals surface area contributed by atoms with E-state index in [0.29, 0.717) is 12.3 Å². The zero-order valence-electron chi connectivity index (χ0n) is 14.6. The lowest BCUT2D eigenvalue weighted by atomic mass is 10.2. The minimum Gasteiger partial charge on any atom is -0.352 e. The number of hydrogen-bond acceptors (Lipinski definition) is 5. The van der Waals surface area contributed by atoms with Crippen LogP contribution in [0.1, 0.15) is 48.4 Å². The van der Waals surface area contributed by atoms with Crippen molar-refractivity contribution >= 4 is 33.3 Å². The van der Waals surface area contributed by atoms with Crippen molar-refractivity contribution < 1.29 is 4.79 Å². The van der Waals surface area contributed by atoms with Crippen molar-refractivity contribution in [1.29, 1.82) is 0 Å². The summed E-state index contributed by atoms with van der Waals surface area (Å²) in [7, 11) is 0. The molecule has 24 heavy (non-hydrogen) atoms. The molecule has 0 aromatic carbocycles.